The lowest BCUT2D eigenvalue weighted by Gasteiger charge is -1.99. The molecule has 1 rings (SSSR count). The number of nitrogens with two attached hydrogens (primary N) is 1. The van der Waals surface area contributed by atoms with Crippen LogP contribution in [0.4, 0.5) is 0 Å². The Morgan fingerprint density at radius 1 is 1.50 bits per heavy atom. The van der Waals surface area contributed by atoms with E-state index in [1.807, 2.05) is 0 Å². The second-order valence-corrected chi connectivity index (χ2v) is 3.67. The largest absolute Gasteiger partial charge is 0.382 e. The van der Waals surface area contributed by atoms with Gasteiger partial charge in [0.15, 0.2) is 0 Å². The zero-order valence-electron chi connectivity index (χ0n) is 5.84. The van der Waals surface area contributed by atoms with Crippen LogP contribution in [0.25, 0.3) is 0 Å². The maximum Gasteiger partial charge on any atom is 0.142 e. The third-order valence-electron chi connectivity index (χ3n) is 1.06. The summed E-state index contributed by atoms with van der Waals surface area (Å²) in [6, 6.07) is 1.80. The van der Waals surface area contributed by atoms with Crippen molar-refractivity contribution in [1.82, 2.24) is 4.98 Å². The smallest absolute Gasteiger partial charge is 0.142 e. The molecule has 3 N–H and O–H groups in total. The van der Waals surface area contributed by atoms with Crippen LogP contribution in [0.15, 0.2) is 21.2 Å². The molecule has 0 unspecified atom stereocenters. The highest BCUT2D eigenvalue weighted by atomic mass is 79.9. The number of nitrogen functional groups attached to an aromatic ring is 1. The molecule has 1 heterocycles. The first-order valence-electron chi connectivity index (χ1n) is 2.76. The molecule has 0 saturated carbocycles. The predicted octanol–water partition coefficient (Wildman–Crippen LogP) is 2.31. The van der Waals surface area contributed by atoms with E-state index in [1.54, 1.807) is 12.3 Å². The molecule has 3 nitrogen and oxygen atoms in total. The Bertz CT molecular complexity index is 303. The van der Waals surface area contributed by atoms with Crippen LogP contribution in [0, 0.1) is 5.41 Å². The van der Waals surface area contributed by atoms with E-state index in [0.29, 0.717) is 5.69 Å². The number of amidine groups is 1. The minimum absolute atomic E-state index is 0. The van der Waals surface area contributed by atoms with Crippen LogP contribution in [0.2, 0.25) is 0 Å². The van der Waals surface area contributed by atoms with Gasteiger partial charge in [0.1, 0.15) is 11.5 Å². The second-order valence-electron chi connectivity index (χ2n) is 1.90. The van der Waals surface area contributed by atoms with Gasteiger partial charge in [-0.15, -0.1) is 12.4 Å². The van der Waals surface area contributed by atoms with E-state index in [2.05, 4.69) is 36.8 Å². The van der Waals surface area contributed by atoms with Crippen molar-refractivity contribution in [2.24, 2.45) is 5.73 Å². The summed E-state index contributed by atoms with van der Waals surface area (Å²) in [6.45, 7) is 0. The lowest BCUT2D eigenvalue weighted by atomic mass is 10.3. The summed E-state index contributed by atoms with van der Waals surface area (Å²) in [5.74, 6) is -0.0376. The van der Waals surface area contributed by atoms with E-state index in [1.165, 1.54) is 0 Å². The minimum Gasteiger partial charge on any atom is -0.382 e. The average Bonchev–Trinajstić information content (AvgIpc) is 1.85. The maximum absolute atomic E-state index is 7.12. The standard InChI is InChI=1S/C6H5Br2N3.ClH/c7-3-1-4(8)5(6(9)10)11-2-3;/h1-2H,(H3,9,10);1H. The fraction of sp³-hybridized carbons (Fsp3) is 0. The van der Waals surface area contributed by atoms with Gasteiger partial charge < -0.3 is 5.73 Å². The van der Waals surface area contributed by atoms with E-state index in [4.69, 9.17) is 11.1 Å². The van der Waals surface area contributed by atoms with Crippen LogP contribution >= 0.6 is 44.3 Å². The van der Waals surface area contributed by atoms with Gasteiger partial charge in [-0.3, -0.25) is 10.4 Å². The van der Waals surface area contributed by atoms with Crippen LogP contribution < -0.4 is 5.73 Å². The van der Waals surface area contributed by atoms with Gasteiger partial charge in [0.25, 0.3) is 0 Å². The Morgan fingerprint density at radius 2 is 2.08 bits per heavy atom. The van der Waals surface area contributed by atoms with Gasteiger partial charge in [0, 0.05) is 15.1 Å². The number of hydrogen-bond acceptors (Lipinski definition) is 2. The first-order valence-corrected chi connectivity index (χ1v) is 4.35. The van der Waals surface area contributed by atoms with Crippen molar-refractivity contribution < 1.29 is 0 Å². The van der Waals surface area contributed by atoms with Crippen molar-refractivity contribution in [3.63, 3.8) is 0 Å². The molecule has 66 valence electrons. The van der Waals surface area contributed by atoms with Crippen molar-refractivity contribution in [2.45, 2.75) is 0 Å². The zero-order valence-corrected chi connectivity index (χ0v) is 9.83. The Labute approximate surface area is 92.9 Å². The molecule has 1 aromatic heterocycles. The molecule has 0 aliphatic rings. The third-order valence-corrected chi connectivity index (χ3v) is 2.10. The number of rotatable bonds is 1. The maximum atomic E-state index is 7.12. The van der Waals surface area contributed by atoms with Crippen molar-refractivity contribution >= 4 is 50.1 Å². The monoisotopic (exact) mass is 313 g/mol. The highest BCUT2D eigenvalue weighted by Gasteiger charge is 2.03. The Kier molecular flexibility index (Phi) is 4.74. The summed E-state index contributed by atoms with van der Waals surface area (Å²) in [6.07, 6.45) is 1.60. The second kappa shape index (κ2) is 4.79. The summed E-state index contributed by atoms with van der Waals surface area (Å²) in [4.78, 5) is 3.93. The van der Waals surface area contributed by atoms with Gasteiger partial charge in [0.2, 0.25) is 0 Å². The molecule has 0 amide bonds. The Hall–Kier alpha value is -0.130. The molecule has 0 atom stereocenters. The topological polar surface area (TPSA) is 62.8 Å². The lowest BCUT2D eigenvalue weighted by molar-refractivity contribution is 1.22. The highest BCUT2D eigenvalue weighted by Crippen LogP contribution is 2.18. The van der Waals surface area contributed by atoms with Gasteiger partial charge in [-0.1, -0.05) is 0 Å². The van der Waals surface area contributed by atoms with E-state index >= 15 is 0 Å². The van der Waals surface area contributed by atoms with Crippen molar-refractivity contribution in [3.8, 4) is 0 Å². The third kappa shape index (κ3) is 2.73. The van der Waals surface area contributed by atoms with Gasteiger partial charge in [-0.25, -0.2) is 0 Å². The van der Waals surface area contributed by atoms with Crippen molar-refractivity contribution in [1.29, 1.82) is 5.41 Å². The average molecular weight is 315 g/mol. The van der Waals surface area contributed by atoms with Gasteiger partial charge in [-0.05, 0) is 37.9 Å². The van der Waals surface area contributed by atoms with Crippen LogP contribution in [0.3, 0.4) is 0 Å². The number of aromatic nitrogens is 1. The molecule has 0 saturated heterocycles. The number of hydrogen-bond donors (Lipinski definition) is 2. The molecule has 0 spiro atoms. The zero-order chi connectivity index (χ0) is 8.43. The first-order chi connectivity index (χ1) is 5.11. The molecule has 0 aliphatic carbocycles. The van der Waals surface area contributed by atoms with E-state index in [-0.39, 0.29) is 18.2 Å². The van der Waals surface area contributed by atoms with Gasteiger partial charge in [-0.2, -0.15) is 0 Å². The molecule has 0 bridgehead atoms. The fourth-order valence-corrected chi connectivity index (χ4v) is 1.81. The molecule has 12 heavy (non-hydrogen) atoms. The van der Waals surface area contributed by atoms with Crippen LogP contribution in [0.5, 0.6) is 0 Å². The summed E-state index contributed by atoms with van der Waals surface area (Å²) >= 11 is 6.48. The number of nitrogens with zero attached hydrogens (tertiary/aromatic N) is 1. The molecule has 0 fully saturated rings. The van der Waals surface area contributed by atoms with E-state index in [0.717, 1.165) is 8.95 Å². The highest BCUT2D eigenvalue weighted by molar-refractivity contribution is 9.11. The van der Waals surface area contributed by atoms with E-state index < -0.39 is 0 Å². The number of nitrogens with one attached hydrogen (secondary N) is 1. The van der Waals surface area contributed by atoms with Gasteiger partial charge >= 0.3 is 0 Å². The number of halogens is 3. The molecule has 0 aromatic carbocycles. The summed E-state index contributed by atoms with van der Waals surface area (Å²) < 4.78 is 1.58. The van der Waals surface area contributed by atoms with Crippen LogP contribution in [-0.4, -0.2) is 10.8 Å². The molecular formula is C6H6Br2ClN3. The van der Waals surface area contributed by atoms with Crippen molar-refractivity contribution in [2.75, 3.05) is 0 Å². The lowest BCUT2D eigenvalue weighted by Crippen LogP contribution is -2.13. The Balaban J connectivity index is 0.00000121. The quantitative estimate of drug-likeness (QED) is 0.617. The van der Waals surface area contributed by atoms with Gasteiger partial charge in [0.05, 0.1) is 0 Å². The first kappa shape index (κ1) is 11.9. The minimum atomic E-state index is -0.0376. The molecule has 0 radical (unpaired) electrons. The molecular weight excluding hydrogens is 309 g/mol. The van der Waals surface area contributed by atoms with Crippen LogP contribution in [-0.2, 0) is 0 Å². The van der Waals surface area contributed by atoms with E-state index in [9.17, 15) is 0 Å². The Morgan fingerprint density at radius 3 is 2.50 bits per heavy atom. The summed E-state index contributed by atoms with van der Waals surface area (Å²) in [7, 11) is 0. The predicted molar refractivity (Wildman–Crippen MR) is 57.9 cm³/mol. The SMILES string of the molecule is Cl.N=C(N)c1ncc(Br)cc1Br. The number of pyridine rings is 1. The molecule has 1 aromatic rings. The summed E-state index contributed by atoms with van der Waals surface area (Å²) in [5, 5.41) is 7.12. The molecule has 6 heteroatoms. The molecule has 0 aliphatic heterocycles. The van der Waals surface area contributed by atoms with Crippen molar-refractivity contribution in [3.05, 3.63) is 26.9 Å². The summed E-state index contributed by atoms with van der Waals surface area (Å²) in [5.41, 5.74) is 5.71. The normalized spacial score (nSPS) is 8.83. The fourth-order valence-electron chi connectivity index (χ4n) is 0.613. The van der Waals surface area contributed by atoms with Crippen LogP contribution in [0.1, 0.15) is 5.69 Å².